The van der Waals surface area contributed by atoms with Crippen molar-refractivity contribution in [3.8, 4) is 0 Å². The molecule has 0 bridgehead atoms. The summed E-state index contributed by atoms with van der Waals surface area (Å²) >= 11 is 3.10. The molecule has 2 rings (SSSR count). The molecule has 1 amide bonds. The van der Waals surface area contributed by atoms with Gasteiger partial charge in [-0.2, -0.15) is 0 Å². The molecule has 1 aromatic heterocycles. The molecule has 0 spiro atoms. The first-order valence-corrected chi connectivity index (χ1v) is 9.05. The van der Waals surface area contributed by atoms with Crippen LogP contribution in [0.2, 0.25) is 0 Å². The van der Waals surface area contributed by atoms with E-state index in [1.807, 2.05) is 24.3 Å². The molecule has 118 valence electrons. The number of nitrogens with zero attached hydrogens (tertiary/aromatic N) is 2. The van der Waals surface area contributed by atoms with E-state index in [1.165, 1.54) is 11.3 Å². The predicted molar refractivity (Wildman–Crippen MR) is 93.9 cm³/mol. The van der Waals surface area contributed by atoms with Crippen molar-refractivity contribution in [2.75, 3.05) is 11.1 Å². The van der Waals surface area contributed by atoms with Gasteiger partial charge in [0.15, 0.2) is 0 Å². The minimum absolute atomic E-state index is 0.130. The molecular formula is C16H21N3OS2. The monoisotopic (exact) mass is 335 g/mol. The average Bonchev–Trinajstić information content (AvgIpc) is 2.84. The van der Waals surface area contributed by atoms with Crippen molar-refractivity contribution in [2.45, 2.75) is 39.0 Å². The quantitative estimate of drug-likeness (QED) is 0.818. The zero-order valence-corrected chi connectivity index (χ0v) is 15.0. The van der Waals surface area contributed by atoms with Crippen molar-refractivity contribution in [1.82, 2.24) is 10.2 Å². The van der Waals surface area contributed by atoms with E-state index in [0.717, 1.165) is 22.1 Å². The topological polar surface area (TPSA) is 54.9 Å². The summed E-state index contributed by atoms with van der Waals surface area (Å²) in [5, 5.41) is 12.6. The van der Waals surface area contributed by atoms with Gasteiger partial charge in [0, 0.05) is 11.3 Å². The summed E-state index contributed by atoms with van der Waals surface area (Å²) in [6.45, 7) is 8.55. The Morgan fingerprint density at radius 2 is 2.00 bits per heavy atom. The van der Waals surface area contributed by atoms with Gasteiger partial charge in [-0.15, -0.1) is 22.0 Å². The third-order valence-corrected chi connectivity index (χ3v) is 4.59. The molecule has 22 heavy (non-hydrogen) atoms. The highest BCUT2D eigenvalue weighted by Crippen LogP contribution is 2.26. The lowest BCUT2D eigenvalue weighted by Gasteiger charge is -2.14. The molecule has 1 aromatic carbocycles. The summed E-state index contributed by atoms with van der Waals surface area (Å²) in [5.74, 6) is 0.800. The Bertz CT molecular complexity index is 647. The number of rotatable bonds is 5. The van der Waals surface area contributed by atoms with Crippen LogP contribution in [0.1, 0.15) is 43.1 Å². The van der Waals surface area contributed by atoms with Gasteiger partial charge in [0.05, 0.1) is 5.56 Å². The number of hydrogen-bond acceptors (Lipinski definition) is 5. The van der Waals surface area contributed by atoms with Crippen LogP contribution in [-0.4, -0.2) is 21.9 Å². The molecule has 2 aromatic rings. The van der Waals surface area contributed by atoms with Gasteiger partial charge in [-0.25, -0.2) is 0 Å². The van der Waals surface area contributed by atoms with E-state index >= 15 is 0 Å². The van der Waals surface area contributed by atoms with Gasteiger partial charge < -0.3 is 0 Å². The number of thioether (sulfide) groups is 1. The van der Waals surface area contributed by atoms with E-state index in [4.69, 9.17) is 0 Å². The zero-order chi connectivity index (χ0) is 16.2. The fourth-order valence-corrected chi connectivity index (χ4v) is 3.77. The Hall–Kier alpha value is -1.40. The smallest absolute Gasteiger partial charge is 0.258 e. The van der Waals surface area contributed by atoms with Crippen LogP contribution in [0.25, 0.3) is 0 Å². The first-order valence-electron chi connectivity index (χ1n) is 7.24. The second-order valence-corrected chi connectivity index (χ2v) is 8.49. The standard InChI is InChI=1S/C16H21N3OS2/c1-5-21-12-9-7-6-8-11(12)14(20)17-15-19-18-13(22-15)10-16(2,3)4/h6-9H,5,10H2,1-4H3,(H,17,19,20). The van der Waals surface area contributed by atoms with E-state index in [-0.39, 0.29) is 11.3 Å². The van der Waals surface area contributed by atoms with Gasteiger partial charge in [-0.05, 0) is 23.3 Å². The fraction of sp³-hybridized carbons (Fsp3) is 0.438. The van der Waals surface area contributed by atoms with Crippen molar-refractivity contribution in [2.24, 2.45) is 5.41 Å². The Balaban J connectivity index is 2.09. The van der Waals surface area contributed by atoms with Gasteiger partial charge in [0.1, 0.15) is 5.01 Å². The lowest BCUT2D eigenvalue weighted by molar-refractivity contribution is 0.102. The van der Waals surface area contributed by atoms with Crippen LogP contribution in [0.15, 0.2) is 29.2 Å². The van der Waals surface area contributed by atoms with Crippen molar-refractivity contribution < 1.29 is 4.79 Å². The maximum Gasteiger partial charge on any atom is 0.258 e. The maximum atomic E-state index is 12.4. The van der Waals surface area contributed by atoms with Crippen molar-refractivity contribution in [3.63, 3.8) is 0 Å². The molecule has 6 heteroatoms. The molecule has 0 aliphatic carbocycles. The third kappa shape index (κ3) is 4.81. The van der Waals surface area contributed by atoms with E-state index in [9.17, 15) is 4.79 Å². The summed E-state index contributed by atoms with van der Waals surface area (Å²) in [7, 11) is 0. The Labute approximate surface area is 139 Å². The zero-order valence-electron chi connectivity index (χ0n) is 13.3. The highest BCUT2D eigenvalue weighted by atomic mass is 32.2. The highest BCUT2D eigenvalue weighted by molar-refractivity contribution is 7.99. The first-order chi connectivity index (χ1) is 10.4. The van der Waals surface area contributed by atoms with Gasteiger partial charge in [0.2, 0.25) is 5.13 Å². The molecule has 1 heterocycles. The largest absolute Gasteiger partial charge is 0.296 e. The van der Waals surface area contributed by atoms with E-state index in [1.54, 1.807) is 11.8 Å². The number of hydrogen-bond donors (Lipinski definition) is 1. The van der Waals surface area contributed by atoms with Crippen LogP contribution in [0.4, 0.5) is 5.13 Å². The van der Waals surface area contributed by atoms with Crippen LogP contribution in [0.3, 0.4) is 0 Å². The summed E-state index contributed by atoms with van der Waals surface area (Å²) in [6.07, 6.45) is 0.850. The Kier molecular flexibility index (Phi) is 5.58. The SMILES string of the molecule is CCSc1ccccc1C(=O)Nc1nnc(CC(C)(C)C)s1. The average molecular weight is 335 g/mol. The summed E-state index contributed by atoms with van der Waals surface area (Å²) < 4.78 is 0. The second-order valence-electron chi connectivity index (χ2n) is 6.12. The molecule has 0 fully saturated rings. The molecular weight excluding hydrogens is 314 g/mol. The van der Waals surface area contributed by atoms with Gasteiger partial charge in [0.25, 0.3) is 5.91 Å². The van der Waals surface area contributed by atoms with Gasteiger partial charge in [-0.3, -0.25) is 10.1 Å². The number of aromatic nitrogens is 2. The van der Waals surface area contributed by atoms with Gasteiger partial charge >= 0.3 is 0 Å². The minimum Gasteiger partial charge on any atom is -0.296 e. The van der Waals surface area contributed by atoms with Crippen LogP contribution < -0.4 is 5.32 Å². The van der Waals surface area contributed by atoms with E-state index in [2.05, 4.69) is 43.2 Å². The van der Waals surface area contributed by atoms with Crippen molar-refractivity contribution in [1.29, 1.82) is 0 Å². The number of anilines is 1. The lowest BCUT2D eigenvalue weighted by Crippen LogP contribution is -2.12. The van der Waals surface area contributed by atoms with E-state index in [0.29, 0.717) is 10.7 Å². The first kappa shape index (κ1) is 17.0. The molecule has 0 aliphatic rings. The molecule has 0 saturated carbocycles. The lowest BCUT2D eigenvalue weighted by atomic mass is 9.93. The van der Waals surface area contributed by atoms with Crippen molar-refractivity contribution >= 4 is 34.1 Å². The number of carbonyl (C=O) groups excluding carboxylic acids is 1. The molecule has 4 nitrogen and oxygen atoms in total. The number of amides is 1. The number of carbonyl (C=O) groups is 1. The maximum absolute atomic E-state index is 12.4. The van der Waals surface area contributed by atoms with Crippen LogP contribution in [-0.2, 0) is 6.42 Å². The molecule has 0 atom stereocenters. The summed E-state index contributed by atoms with van der Waals surface area (Å²) in [5.41, 5.74) is 0.840. The van der Waals surface area contributed by atoms with E-state index < -0.39 is 0 Å². The van der Waals surface area contributed by atoms with Crippen molar-refractivity contribution in [3.05, 3.63) is 34.8 Å². The normalized spacial score (nSPS) is 11.5. The third-order valence-electron chi connectivity index (χ3n) is 2.80. The van der Waals surface area contributed by atoms with Gasteiger partial charge in [-0.1, -0.05) is 51.2 Å². The molecule has 0 radical (unpaired) electrons. The Morgan fingerprint density at radius 3 is 2.68 bits per heavy atom. The molecule has 0 unspecified atom stereocenters. The summed E-state index contributed by atoms with van der Waals surface area (Å²) in [4.78, 5) is 13.4. The number of benzene rings is 1. The summed E-state index contributed by atoms with van der Waals surface area (Å²) in [6, 6.07) is 7.62. The predicted octanol–water partition coefficient (Wildman–Crippen LogP) is 4.49. The second kappa shape index (κ2) is 7.24. The highest BCUT2D eigenvalue weighted by Gasteiger charge is 2.17. The molecule has 1 N–H and O–H groups in total. The fourth-order valence-electron chi connectivity index (χ4n) is 1.93. The molecule has 0 saturated heterocycles. The van der Waals surface area contributed by atoms with Crippen LogP contribution >= 0.6 is 23.1 Å². The molecule has 0 aliphatic heterocycles. The van der Waals surface area contributed by atoms with Crippen LogP contribution in [0, 0.1) is 5.41 Å². The minimum atomic E-state index is -0.130. The van der Waals surface area contributed by atoms with Crippen LogP contribution in [0.5, 0.6) is 0 Å². The Morgan fingerprint density at radius 1 is 1.27 bits per heavy atom. The number of nitrogens with one attached hydrogen (secondary N) is 1.